The van der Waals surface area contributed by atoms with Crippen LogP contribution < -0.4 is 4.90 Å². The molecule has 2 aromatic rings. The average molecular weight is 280 g/mol. The van der Waals surface area contributed by atoms with Gasteiger partial charge in [-0.2, -0.15) is 0 Å². The molecule has 4 nitrogen and oxygen atoms in total. The summed E-state index contributed by atoms with van der Waals surface area (Å²) in [4.78, 5) is 30.2. The van der Waals surface area contributed by atoms with E-state index in [9.17, 15) is 9.59 Å². The molecule has 4 heteroatoms. The number of carbonyl (C=O) groups is 2. The molecule has 1 aromatic carbocycles. The summed E-state index contributed by atoms with van der Waals surface area (Å²) in [7, 11) is 0. The van der Waals surface area contributed by atoms with Gasteiger partial charge in [-0.1, -0.05) is 36.4 Å². The second kappa shape index (κ2) is 5.48. The Labute approximate surface area is 123 Å². The Balaban J connectivity index is 1.82. The van der Waals surface area contributed by atoms with E-state index in [1.807, 2.05) is 49.4 Å². The molecule has 0 bridgehead atoms. The Kier molecular flexibility index (Phi) is 3.52. The molecule has 106 valence electrons. The Hall–Kier alpha value is -2.49. The first-order valence-electron chi connectivity index (χ1n) is 6.99. The predicted molar refractivity (Wildman–Crippen MR) is 79.7 cm³/mol. The fourth-order valence-electron chi connectivity index (χ4n) is 2.65. The van der Waals surface area contributed by atoms with Gasteiger partial charge in [0.15, 0.2) is 0 Å². The summed E-state index contributed by atoms with van der Waals surface area (Å²) in [5, 5.41) is 0. The number of aromatic nitrogens is 1. The van der Waals surface area contributed by atoms with Gasteiger partial charge in [0.25, 0.3) is 0 Å². The lowest BCUT2D eigenvalue weighted by Crippen LogP contribution is -2.31. The third-order valence-electron chi connectivity index (χ3n) is 3.67. The minimum absolute atomic E-state index is 0.151. The van der Waals surface area contributed by atoms with Crippen LogP contribution in [0.1, 0.15) is 17.7 Å². The number of hydrogen-bond acceptors (Lipinski definition) is 3. The van der Waals surface area contributed by atoms with Crippen LogP contribution in [0.25, 0.3) is 0 Å². The zero-order valence-electron chi connectivity index (χ0n) is 11.8. The molecule has 0 saturated carbocycles. The SMILES string of the molecule is Cc1cccc(N2C(=O)CC(Cc3ccccc3)C2=O)n1. The Bertz CT molecular complexity index is 682. The number of aryl methyl sites for hydroxylation is 1. The van der Waals surface area contributed by atoms with Crippen molar-refractivity contribution in [1.29, 1.82) is 0 Å². The largest absolute Gasteiger partial charge is 0.274 e. The molecule has 1 aliphatic rings. The van der Waals surface area contributed by atoms with E-state index in [0.29, 0.717) is 12.2 Å². The Morgan fingerprint density at radius 2 is 1.86 bits per heavy atom. The molecule has 0 N–H and O–H groups in total. The van der Waals surface area contributed by atoms with Crippen LogP contribution in [0.4, 0.5) is 5.82 Å². The highest BCUT2D eigenvalue weighted by Gasteiger charge is 2.39. The third kappa shape index (κ3) is 2.70. The number of pyridine rings is 1. The number of hydrogen-bond donors (Lipinski definition) is 0. The maximum atomic E-state index is 12.5. The molecular formula is C17H16N2O2. The standard InChI is InChI=1S/C17H16N2O2/c1-12-6-5-9-15(18-12)19-16(20)11-14(17(19)21)10-13-7-3-2-4-8-13/h2-9,14H,10-11H2,1H3. The number of amides is 2. The van der Waals surface area contributed by atoms with Gasteiger partial charge in [-0.15, -0.1) is 0 Å². The van der Waals surface area contributed by atoms with Gasteiger partial charge in [-0.25, -0.2) is 9.88 Å². The first kappa shape index (κ1) is 13.5. The van der Waals surface area contributed by atoms with Crippen molar-refractivity contribution in [2.24, 2.45) is 5.92 Å². The zero-order chi connectivity index (χ0) is 14.8. The molecule has 1 aliphatic heterocycles. The van der Waals surface area contributed by atoms with E-state index in [0.717, 1.165) is 11.3 Å². The summed E-state index contributed by atoms with van der Waals surface area (Å²) >= 11 is 0. The van der Waals surface area contributed by atoms with Crippen molar-refractivity contribution < 1.29 is 9.59 Å². The fourth-order valence-corrected chi connectivity index (χ4v) is 2.65. The molecule has 0 aliphatic carbocycles. The molecule has 21 heavy (non-hydrogen) atoms. The minimum atomic E-state index is -0.290. The number of nitrogens with zero attached hydrogens (tertiary/aromatic N) is 2. The summed E-state index contributed by atoms with van der Waals surface area (Å²) in [6, 6.07) is 15.1. The number of rotatable bonds is 3. The highest BCUT2D eigenvalue weighted by molar-refractivity contribution is 6.20. The molecule has 1 saturated heterocycles. The highest BCUT2D eigenvalue weighted by atomic mass is 16.2. The normalized spacial score (nSPS) is 18.3. The minimum Gasteiger partial charge on any atom is -0.274 e. The quantitative estimate of drug-likeness (QED) is 0.812. The van der Waals surface area contributed by atoms with Crippen LogP contribution in [0.5, 0.6) is 0 Å². The summed E-state index contributed by atoms with van der Waals surface area (Å²) in [5.74, 6) is -0.177. The van der Waals surface area contributed by atoms with Crippen LogP contribution in [0.3, 0.4) is 0 Å². The molecule has 3 rings (SSSR count). The van der Waals surface area contributed by atoms with E-state index in [4.69, 9.17) is 0 Å². The predicted octanol–water partition coefficient (Wildman–Crippen LogP) is 2.51. The molecule has 1 unspecified atom stereocenters. The molecule has 0 spiro atoms. The van der Waals surface area contributed by atoms with E-state index < -0.39 is 0 Å². The lowest BCUT2D eigenvalue weighted by molar-refractivity contribution is -0.122. The summed E-state index contributed by atoms with van der Waals surface area (Å²) in [6.07, 6.45) is 0.844. The maximum Gasteiger partial charge on any atom is 0.238 e. The summed E-state index contributed by atoms with van der Waals surface area (Å²) in [5.41, 5.74) is 1.86. The second-order valence-electron chi connectivity index (χ2n) is 5.30. The second-order valence-corrected chi connectivity index (χ2v) is 5.30. The van der Waals surface area contributed by atoms with Gasteiger partial charge >= 0.3 is 0 Å². The molecule has 2 heterocycles. The molecule has 2 amide bonds. The smallest absolute Gasteiger partial charge is 0.238 e. The van der Waals surface area contributed by atoms with Gasteiger partial charge in [-0.3, -0.25) is 9.59 Å². The Morgan fingerprint density at radius 3 is 2.57 bits per heavy atom. The monoisotopic (exact) mass is 280 g/mol. The lowest BCUT2D eigenvalue weighted by atomic mass is 9.98. The Morgan fingerprint density at radius 1 is 1.10 bits per heavy atom. The van der Waals surface area contributed by atoms with Crippen molar-refractivity contribution in [2.75, 3.05) is 4.90 Å². The van der Waals surface area contributed by atoms with Gasteiger partial charge in [0.1, 0.15) is 5.82 Å². The van der Waals surface area contributed by atoms with Gasteiger partial charge in [0.05, 0.1) is 5.92 Å². The maximum absolute atomic E-state index is 12.5. The van der Waals surface area contributed by atoms with E-state index in [1.165, 1.54) is 4.90 Å². The van der Waals surface area contributed by atoms with E-state index in [2.05, 4.69) is 4.98 Å². The molecule has 0 radical (unpaired) electrons. The number of imide groups is 1. The number of anilines is 1. The average Bonchev–Trinajstić information content (AvgIpc) is 2.74. The van der Waals surface area contributed by atoms with Crippen molar-refractivity contribution in [3.63, 3.8) is 0 Å². The molecule has 1 aromatic heterocycles. The van der Waals surface area contributed by atoms with Crippen molar-refractivity contribution in [1.82, 2.24) is 4.98 Å². The van der Waals surface area contributed by atoms with Crippen LogP contribution in [0.2, 0.25) is 0 Å². The topological polar surface area (TPSA) is 50.3 Å². The molecular weight excluding hydrogens is 264 g/mol. The lowest BCUT2D eigenvalue weighted by Gasteiger charge is -2.14. The summed E-state index contributed by atoms with van der Waals surface area (Å²) < 4.78 is 0. The highest BCUT2D eigenvalue weighted by Crippen LogP contribution is 2.27. The van der Waals surface area contributed by atoms with Crippen molar-refractivity contribution in [3.8, 4) is 0 Å². The number of benzene rings is 1. The van der Waals surface area contributed by atoms with Gasteiger partial charge in [0.2, 0.25) is 11.8 Å². The first-order valence-corrected chi connectivity index (χ1v) is 6.99. The van der Waals surface area contributed by atoms with Gasteiger partial charge in [-0.05, 0) is 31.0 Å². The third-order valence-corrected chi connectivity index (χ3v) is 3.67. The first-order chi connectivity index (χ1) is 10.1. The fraction of sp³-hybridized carbons (Fsp3) is 0.235. The van der Waals surface area contributed by atoms with Crippen molar-refractivity contribution in [3.05, 3.63) is 59.8 Å². The molecule has 1 fully saturated rings. The van der Waals surface area contributed by atoms with E-state index in [-0.39, 0.29) is 24.2 Å². The molecule has 1 atom stereocenters. The van der Waals surface area contributed by atoms with Crippen molar-refractivity contribution >= 4 is 17.6 Å². The van der Waals surface area contributed by atoms with E-state index >= 15 is 0 Å². The van der Waals surface area contributed by atoms with Crippen molar-refractivity contribution in [2.45, 2.75) is 19.8 Å². The van der Waals surface area contributed by atoms with Gasteiger partial charge in [0, 0.05) is 12.1 Å². The van der Waals surface area contributed by atoms with Gasteiger partial charge < -0.3 is 0 Å². The zero-order valence-corrected chi connectivity index (χ0v) is 11.8. The summed E-state index contributed by atoms with van der Waals surface area (Å²) in [6.45, 7) is 1.84. The van der Waals surface area contributed by atoms with Crippen LogP contribution in [0, 0.1) is 12.8 Å². The van der Waals surface area contributed by atoms with Crippen LogP contribution in [0.15, 0.2) is 48.5 Å². The van der Waals surface area contributed by atoms with Crippen LogP contribution >= 0.6 is 0 Å². The number of carbonyl (C=O) groups excluding carboxylic acids is 2. The van der Waals surface area contributed by atoms with Crippen LogP contribution in [-0.4, -0.2) is 16.8 Å². The van der Waals surface area contributed by atoms with Crippen LogP contribution in [-0.2, 0) is 16.0 Å². The van der Waals surface area contributed by atoms with E-state index in [1.54, 1.807) is 6.07 Å².